The van der Waals surface area contributed by atoms with E-state index in [2.05, 4.69) is 5.10 Å². The maximum absolute atomic E-state index is 11.9. The van der Waals surface area contributed by atoms with E-state index >= 15 is 0 Å². The van der Waals surface area contributed by atoms with Gasteiger partial charge in [0.25, 0.3) is 0 Å². The molecule has 1 aliphatic rings. The summed E-state index contributed by atoms with van der Waals surface area (Å²) in [6, 6.07) is 7.22. The number of rotatable bonds is 2. The van der Waals surface area contributed by atoms with Gasteiger partial charge in [-0.2, -0.15) is 5.10 Å². The number of nitrogens with zero attached hydrogens (tertiary/aromatic N) is 3. The second kappa shape index (κ2) is 4.25. The molecule has 1 fully saturated rings. The molecule has 1 aromatic heterocycles. The maximum atomic E-state index is 11.9. The third kappa shape index (κ3) is 1.77. The molecule has 5 nitrogen and oxygen atoms in total. The Hall–Kier alpha value is -2.17. The largest absolute Gasteiger partial charge is 0.341 e. The van der Waals surface area contributed by atoms with Crippen molar-refractivity contribution in [2.45, 2.75) is 13.0 Å². The Kier molecular flexibility index (Phi) is 2.59. The molecule has 3 rings (SSSR count). The second-order valence-corrected chi connectivity index (χ2v) is 4.42. The molecular weight excluding hydrogens is 230 g/mol. The van der Waals surface area contributed by atoms with Crippen LogP contribution in [0.2, 0.25) is 0 Å². The van der Waals surface area contributed by atoms with Crippen molar-refractivity contribution < 1.29 is 4.79 Å². The third-order valence-electron chi connectivity index (χ3n) is 3.26. The van der Waals surface area contributed by atoms with E-state index in [0.717, 1.165) is 19.5 Å². The zero-order valence-electron chi connectivity index (χ0n) is 9.87. The molecule has 2 heterocycles. The van der Waals surface area contributed by atoms with Crippen LogP contribution in [0.5, 0.6) is 0 Å². The zero-order valence-corrected chi connectivity index (χ0v) is 9.87. The smallest absolute Gasteiger partial charge is 0.244 e. The van der Waals surface area contributed by atoms with Crippen molar-refractivity contribution in [1.29, 1.82) is 0 Å². The molecule has 0 spiro atoms. The maximum Gasteiger partial charge on any atom is 0.244 e. The molecule has 0 radical (unpaired) electrons. The van der Waals surface area contributed by atoms with Gasteiger partial charge in [-0.05, 0) is 18.6 Å². The number of amides is 1. The van der Waals surface area contributed by atoms with E-state index in [4.69, 9.17) is 0 Å². The minimum atomic E-state index is -0.113. The van der Waals surface area contributed by atoms with Gasteiger partial charge in [0.1, 0.15) is 6.54 Å². The monoisotopic (exact) mass is 243 g/mol. The number of hydrogen-bond donors (Lipinski definition) is 0. The summed E-state index contributed by atoms with van der Waals surface area (Å²) in [5.74, 6) is 0.0579. The number of likely N-dealkylation sites (tertiary alicyclic amines) is 1. The summed E-state index contributed by atoms with van der Waals surface area (Å²) in [5.41, 5.74) is 0.595. The van der Waals surface area contributed by atoms with Gasteiger partial charge in [-0.15, -0.1) is 0 Å². The lowest BCUT2D eigenvalue weighted by atomic mass is 10.2. The minimum absolute atomic E-state index is 0.0579. The van der Waals surface area contributed by atoms with Crippen molar-refractivity contribution >= 4 is 16.8 Å². The average Bonchev–Trinajstić information content (AvgIpc) is 2.31. The SMILES string of the molecule is O=C(Cn1ncc(=O)c2ccccc21)N1CCC1. The summed E-state index contributed by atoms with van der Waals surface area (Å²) in [6.45, 7) is 1.86. The van der Waals surface area contributed by atoms with Crippen LogP contribution in [0.15, 0.2) is 35.3 Å². The highest BCUT2D eigenvalue weighted by Gasteiger charge is 2.20. The van der Waals surface area contributed by atoms with Gasteiger partial charge in [0.05, 0.1) is 11.7 Å². The standard InChI is InChI=1S/C13H13N3O2/c17-12-8-14-16(9-13(18)15-6-3-7-15)11-5-2-1-4-10(11)12/h1-2,4-5,8H,3,6-7,9H2. The Labute approximate surface area is 104 Å². The van der Waals surface area contributed by atoms with Gasteiger partial charge in [-0.3, -0.25) is 14.3 Å². The first-order valence-electron chi connectivity index (χ1n) is 5.98. The first kappa shape index (κ1) is 11.0. The predicted molar refractivity (Wildman–Crippen MR) is 67.2 cm³/mol. The van der Waals surface area contributed by atoms with Crippen LogP contribution in [0, 0.1) is 0 Å². The van der Waals surface area contributed by atoms with Gasteiger partial charge >= 0.3 is 0 Å². The normalized spacial score (nSPS) is 14.6. The van der Waals surface area contributed by atoms with Gasteiger partial charge in [0.15, 0.2) is 0 Å². The molecule has 2 aromatic rings. The summed E-state index contributed by atoms with van der Waals surface area (Å²) in [6.07, 6.45) is 2.34. The number of carbonyl (C=O) groups is 1. The zero-order chi connectivity index (χ0) is 12.5. The lowest BCUT2D eigenvalue weighted by molar-refractivity contribution is -0.135. The number of benzene rings is 1. The van der Waals surface area contributed by atoms with E-state index in [1.54, 1.807) is 15.6 Å². The predicted octanol–water partition coefficient (Wildman–Crippen LogP) is 0.629. The van der Waals surface area contributed by atoms with E-state index in [1.807, 2.05) is 18.2 Å². The molecule has 0 unspecified atom stereocenters. The molecule has 1 aliphatic heterocycles. The van der Waals surface area contributed by atoms with Crippen LogP contribution in [0.3, 0.4) is 0 Å². The Bertz CT molecular complexity index is 659. The van der Waals surface area contributed by atoms with E-state index in [1.165, 1.54) is 6.20 Å². The fourth-order valence-electron chi connectivity index (χ4n) is 2.08. The summed E-state index contributed by atoms with van der Waals surface area (Å²) in [5, 5.41) is 4.64. The van der Waals surface area contributed by atoms with Gasteiger partial charge in [-0.1, -0.05) is 12.1 Å². The van der Waals surface area contributed by atoms with Crippen LogP contribution < -0.4 is 5.43 Å². The summed E-state index contributed by atoms with van der Waals surface area (Å²) in [7, 11) is 0. The highest BCUT2D eigenvalue weighted by molar-refractivity contribution is 5.81. The van der Waals surface area contributed by atoms with E-state index in [-0.39, 0.29) is 17.9 Å². The Morgan fingerprint density at radius 1 is 1.28 bits per heavy atom. The summed E-state index contributed by atoms with van der Waals surface area (Å²) < 4.78 is 1.59. The molecule has 0 aliphatic carbocycles. The highest BCUT2D eigenvalue weighted by Crippen LogP contribution is 2.10. The molecule has 0 bridgehead atoms. The van der Waals surface area contributed by atoms with Crippen molar-refractivity contribution in [2.75, 3.05) is 13.1 Å². The minimum Gasteiger partial charge on any atom is -0.341 e. The number of fused-ring (bicyclic) bond motifs is 1. The molecule has 18 heavy (non-hydrogen) atoms. The van der Waals surface area contributed by atoms with Gasteiger partial charge in [-0.25, -0.2) is 0 Å². The lowest BCUT2D eigenvalue weighted by Crippen LogP contribution is -2.44. The lowest BCUT2D eigenvalue weighted by Gasteiger charge is -2.31. The quantitative estimate of drug-likeness (QED) is 0.777. The van der Waals surface area contributed by atoms with Crippen molar-refractivity contribution in [1.82, 2.24) is 14.7 Å². The van der Waals surface area contributed by atoms with Crippen molar-refractivity contribution in [3.05, 3.63) is 40.7 Å². The number of hydrogen-bond acceptors (Lipinski definition) is 3. The molecule has 1 saturated heterocycles. The number of carbonyl (C=O) groups excluding carboxylic acids is 1. The van der Waals surface area contributed by atoms with Crippen molar-refractivity contribution in [3.63, 3.8) is 0 Å². The van der Waals surface area contributed by atoms with Crippen LogP contribution in [0.25, 0.3) is 10.9 Å². The van der Waals surface area contributed by atoms with Crippen LogP contribution in [0.4, 0.5) is 0 Å². The van der Waals surface area contributed by atoms with Crippen molar-refractivity contribution in [3.8, 4) is 0 Å². The molecular formula is C13H13N3O2. The molecule has 0 saturated carbocycles. The van der Waals surface area contributed by atoms with Gasteiger partial charge < -0.3 is 4.90 Å². The molecule has 5 heteroatoms. The van der Waals surface area contributed by atoms with E-state index in [0.29, 0.717) is 10.9 Å². The van der Waals surface area contributed by atoms with Gasteiger partial charge in [0.2, 0.25) is 11.3 Å². The third-order valence-corrected chi connectivity index (χ3v) is 3.26. The van der Waals surface area contributed by atoms with Crippen LogP contribution in [-0.4, -0.2) is 33.7 Å². The first-order chi connectivity index (χ1) is 8.75. The first-order valence-corrected chi connectivity index (χ1v) is 5.98. The van der Waals surface area contributed by atoms with E-state index < -0.39 is 0 Å². The summed E-state index contributed by atoms with van der Waals surface area (Å²) in [4.78, 5) is 25.4. The van der Waals surface area contributed by atoms with E-state index in [9.17, 15) is 9.59 Å². The fourth-order valence-corrected chi connectivity index (χ4v) is 2.08. The Balaban J connectivity index is 1.99. The van der Waals surface area contributed by atoms with Crippen LogP contribution in [-0.2, 0) is 11.3 Å². The average molecular weight is 243 g/mol. The van der Waals surface area contributed by atoms with Crippen LogP contribution in [0.1, 0.15) is 6.42 Å². The Morgan fingerprint density at radius 2 is 2.06 bits per heavy atom. The topological polar surface area (TPSA) is 55.2 Å². The molecule has 92 valence electrons. The second-order valence-electron chi connectivity index (χ2n) is 4.42. The molecule has 1 aromatic carbocycles. The molecule has 1 amide bonds. The molecule has 0 N–H and O–H groups in total. The van der Waals surface area contributed by atoms with Gasteiger partial charge in [0, 0.05) is 18.5 Å². The summed E-state index contributed by atoms with van der Waals surface area (Å²) >= 11 is 0. The van der Waals surface area contributed by atoms with Crippen LogP contribution >= 0.6 is 0 Å². The fraction of sp³-hybridized carbons (Fsp3) is 0.308. The highest BCUT2D eigenvalue weighted by atomic mass is 16.2. The van der Waals surface area contributed by atoms with Crippen molar-refractivity contribution in [2.24, 2.45) is 0 Å². The number of aromatic nitrogens is 2. The molecule has 0 atom stereocenters. The Morgan fingerprint density at radius 3 is 2.78 bits per heavy atom. The number of para-hydroxylation sites is 1.